The molecular weight excluding hydrogens is 252 g/mol. The van der Waals surface area contributed by atoms with Gasteiger partial charge in [-0.2, -0.15) is 0 Å². The van der Waals surface area contributed by atoms with Crippen LogP contribution in [0.5, 0.6) is 0 Å². The maximum absolute atomic E-state index is 11.9. The highest BCUT2D eigenvalue weighted by atomic mass is 35.5. The largest absolute Gasteiger partial charge is 0.453 e. The van der Waals surface area contributed by atoms with Gasteiger partial charge in [0.25, 0.3) is 0 Å². The molecule has 0 aliphatic rings. The molecular formula is C14H15ClO3. The van der Waals surface area contributed by atoms with Crippen molar-refractivity contribution in [1.29, 1.82) is 0 Å². The van der Waals surface area contributed by atoms with Crippen molar-refractivity contribution in [2.45, 2.75) is 19.8 Å². The van der Waals surface area contributed by atoms with E-state index < -0.39 is 0 Å². The molecule has 0 unspecified atom stereocenters. The van der Waals surface area contributed by atoms with Crippen molar-refractivity contribution in [3.05, 3.63) is 35.0 Å². The van der Waals surface area contributed by atoms with Gasteiger partial charge in [0.1, 0.15) is 5.58 Å². The molecule has 1 aromatic heterocycles. The van der Waals surface area contributed by atoms with Crippen LogP contribution in [-0.2, 0) is 4.74 Å². The molecule has 0 spiro atoms. The van der Waals surface area contributed by atoms with Gasteiger partial charge in [0.2, 0.25) is 0 Å². The molecule has 0 aliphatic heterocycles. The molecule has 0 amide bonds. The smallest absolute Gasteiger partial charge is 0.198 e. The molecule has 0 aliphatic carbocycles. The zero-order valence-corrected chi connectivity index (χ0v) is 11.0. The highest BCUT2D eigenvalue weighted by Gasteiger charge is 2.12. The summed E-state index contributed by atoms with van der Waals surface area (Å²) in [5.41, 5.74) is 0.688. The topological polar surface area (TPSA) is 39.4 Å². The first-order valence-electron chi connectivity index (χ1n) is 6.00. The molecule has 2 rings (SSSR count). The van der Waals surface area contributed by atoms with Crippen molar-refractivity contribution in [2.75, 3.05) is 13.2 Å². The number of ether oxygens (including phenoxy) is 1. The van der Waals surface area contributed by atoms with Crippen LogP contribution in [0.15, 0.2) is 28.7 Å². The summed E-state index contributed by atoms with van der Waals surface area (Å²) in [5, 5.41) is 1.49. The molecule has 1 heterocycles. The number of carbonyl (C=O) groups excluding carboxylic acids is 1. The number of furan rings is 1. The van der Waals surface area contributed by atoms with Crippen LogP contribution in [0.1, 0.15) is 30.3 Å². The standard InChI is InChI=1S/C14H15ClO3/c1-2-17-7-3-4-12(16)14-9-10-8-11(15)5-6-13(10)18-14/h5-6,8-9H,2-4,7H2,1H3. The van der Waals surface area contributed by atoms with Gasteiger partial charge in [0.15, 0.2) is 11.5 Å². The van der Waals surface area contributed by atoms with Crippen LogP contribution < -0.4 is 0 Å². The summed E-state index contributed by atoms with van der Waals surface area (Å²) in [5.74, 6) is 0.394. The van der Waals surface area contributed by atoms with E-state index in [0.29, 0.717) is 42.4 Å². The second-order valence-electron chi connectivity index (χ2n) is 4.02. The molecule has 0 atom stereocenters. The first-order chi connectivity index (χ1) is 8.70. The summed E-state index contributed by atoms with van der Waals surface area (Å²) >= 11 is 5.88. The Morgan fingerprint density at radius 3 is 3.00 bits per heavy atom. The fraction of sp³-hybridized carbons (Fsp3) is 0.357. The number of carbonyl (C=O) groups is 1. The van der Waals surface area contributed by atoms with E-state index >= 15 is 0 Å². The minimum atomic E-state index is 0.00188. The molecule has 0 fully saturated rings. The number of halogens is 1. The molecule has 18 heavy (non-hydrogen) atoms. The average Bonchev–Trinajstić information content (AvgIpc) is 2.77. The first kappa shape index (κ1) is 13.1. The Hall–Kier alpha value is -1.32. The Morgan fingerprint density at radius 2 is 2.22 bits per heavy atom. The number of hydrogen-bond acceptors (Lipinski definition) is 3. The normalized spacial score (nSPS) is 11.0. The zero-order valence-electron chi connectivity index (χ0n) is 10.2. The van der Waals surface area contributed by atoms with Crippen molar-refractivity contribution >= 4 is 28.4 Å². The summed E-state index contributed by atoms with van der Waals surface area (Å²) in [4.78, 5) is 11.9. The second kappa shape index (κ2) is 6.03. The van der Waals surface area contributed by atoms with Gasteiger partial charge in [-0.15, -0.1) is 0 Å². The van der Waals surface area contributed by atoms with Gasteiger partial charge in [-0.25, -0.2) is 0 Å². The van der Waals surface area contributed by atoms with E-state index in [2.05, 4.69) is 0 Å². The Bertz CT molecular complexity index is 545. The quantitative estimate of drug-likeness (QED) is 0.584. The van der Waals surface area contributed by atoms with E-state index in [1.807, 2.05) is 6.92 Å². The van der Waals surface area contributed by atoms with Crippen LogP contribution >= 0.6 is 11.6 Å². The maximum Gasteiger partial charge on any atom is 0.198 e. The lowest BCUT2D eigenvalue weighted by molar-refractivity contribution is 0.0923. The Balaban J connectivity index is 2.04. The SMILES string of the molecule is CCOCCCC(=O)c1cc2cc(Cl)ccc2o1. The van der Waals surface area contributed by atoms with Gasteiger partial charge in [0, 0.05) is 30.0 Å². The van der Waals surface area contributed by atoms with E-state index in [4.69, 9.17) is 20.8 Å². The predicted molar refractivity (Wildman–Crippen MR) is 71.3 cm³/mol. The molecule has 0 bridgehead atoms. The third kappa shape index (κ3) is 3.12. The third-order valence-electron chi connectivity index (χ3n) is 2.65. The number of rotatable bonds is 6. The van der Waals surface area contributed by atoms with Gasteiger partial charge < -0.3 is 9.15 Å². The summed E-state index contributed by atoms with van der Waals surface area (Å²) in [7, 11) is 0. The monoisotopic (exact) mass is 266 g/mol. The van der Waals surface area contributed by atoms with E-state index in [0.717, 1.165) is 5.39 Å². The zero-order chi connectivity index (χ0) is 13.0. The number of benzene rings is 1. The van der Waals surface area contributed by atoms with Gasteiger partial charge in [-0.1, -0.05) is 11.6 Å². The molecule has 2 aromatic rings. The van der Waals surface area contributed by atoms with Gasteiger partial charge >= 0.3 is 0 Å². The number of Topliss-reactive ketones (excluding diaryl/α,β-unsaturated/α-hetero) is 1. The fourth-order valence-corrected chi connectivity index (χ4v) is 1.93. The molecule has 96 valence electrons. The maximum atomic E-state index is 11.9. The van der Waals surface area contributed by atoms with Crippen LogP contribution in [0.25, 0.3) is 11.0 Å². The van der Waals surface area contributed by atoms with Gasteiger partial charge in [-0.05, 0) is 37.6 Å². The van der Waals surface area contributed by atoms with Crippen molar-refractivity contribution < 1.29 is 13.9 Å². The first-order valence-corrected chi connectivity index (χ1v) is 6.38. The van der Waals surface area contributed by atoms with Gasteiger partial charge in [0.05, 0.1) is 0 Å². The van der Waals surface area contributed by atoms with Crippen molar-refractivity contribution in [2.24, 2.45) is 0 Å². The lowest BCUT2D eigenvalue weighted by Gasteiger charge is -1.98. The second-order valence-corrected chi connectivity index (χ2v) is 4.45. The van der Waals surface area contributed by atoms with Crippen LogP contribution in [0, 0.1) is 0 Å². The minimum Gasteiger partial charge on any atom is -0.453 e. The Labute approximate surface area is 111 Å². The highest BCUT2D eigenvalue weighted by Crippen LogP contribution is 2.23. The van der Waals surface area contributed by atoms with E-state index in [1.54, 1.807) is 24.3 Å². The number of ketones is 1. The summed E-state index contributed by atoms with van der Waals surface area (Å²) in [6, 6.07) is 7.05. The number of hydrogen-bond donors (Lipinski definition) is 0. The highest BCUT2D eigenvalue weighted by molar-refractivity contribution is 6.31. The Kier molecular flexibility index (Phi) is 4.39. The molecule has 0 saturated heterocycles. The van der Waals surface area contributed by atoms with E-state index in [9.17, 15) is 4.79 Å². The van der Waals surface area contributed by atoms with Crippen LogP contribution in [-0.4, -0.2) is 19.0 Å². The van der Waals surface area contributed by atoms with Crippen LogP contribution in [0.2, 0.25) is 5.02 Å². The summed E-state index contributed by atoms with van der Waals surface area (Å²) in [6.07, 6.45) is 1.15. The molecule has 4 heteroatoms. The Morgan fingerprint density at radius 1 is 1.39 bits per heavy atom. The molecule has 1 aromatic carbocycles. The predicted octanol–water partition coefficient (Wildman–Crippen LogP) is 4.09. The fourth-order valence-electron chi connectivity index (χ4n) is 1.75. The summed E-state index contributed by atoms with van der Waals surface area (Å²) < 4.78 is 10.7. The molecule has 3 nitrogen and oxygen atoms in total. The molecule has 0 radical (unpaired) electrons. The third-order valence-corrected chi connectivity index (χ3v) is 2.88. The molecule has 0 saturated carbocycles. The molecule has 0 N–H and O–H groups in total. The van der Waals surface area contributed by atoms with E-state index in [-0.39, 0.29) is 5.78 Å². The lowest BCUT2D eigenvalue weighted by Crippen LogP contribution is -2.00. The minimum absolute atomic E-state index is 0.00188. The van der Waals surface area contributed by atoms with Crippen LogP contribution in [0.3, 0.4) is 0 Å². The van der Waals surface area contributed by atoms with E-state index in [1.165, 1.54) is 0 Å². The lowest BCUT2D eigenvalue weighted by atomic mass is 10.1. The van der Waals surface area contributed by atoms with Crippen LogP contribution in [0.4, 0.5) is 0 Å². The average molecular weight is 267 g/mol. The van der Waals surface area contributed by atoms with Gasteiger partial charge in [-0.3, -0.25) is 4.79 Å². The number of fused-ring (bicyclic) bond motifs is 1. The summed E-state index contributed by atoms with van der Waals surface area (Å²) in [6.45, 7) is 3.22. The van der Waals surface area contributed by atoms with Crippen molar-refractivity contribution in [3.63, 3.8) is 0 Å². The van der Waals surface area contributed by atoms with Crippen molar-refractivity contribution in [3.8, 4) is 0 Å². The van der Waals surface area contributed by atoms with Crippen molar-refractivity contribution in [1.82, 2.24) is 0 Å².